The molecule has 1 aromatic heterocycles. The standard InChI is InChI=1S/C26H28N4O5/c1-15(2)22(24(31)27-12-16-13-28-30(3)23(16)25(32)33)29-26(34)35-14-21-19-10-6-4-8-17(19)18-9-5-7-11-20(18)21/h4-11,13,15,21-22H,12,14H2,1-3H3,(H,27,31)(H,29,34)(H,32,33)/t22-/m1/s1. The normalized spacial score (nSPS) is 13.1. The van der Waals surface area contributed by atoms with E-state index >= 15 is 0 Å². The largest absolute Gasteiger partial charge is 0.477 e. The number of hydrogen-bond donors (Lipinski definition) is 3. The van der Waals surface area contributed by atoms with Crippen LogP contribution in [0.25, 0.3) is 11.1 Å². The van der Waals surface area contributed by atoms with E-state index in [2.05, 4.69) is 27.9 Å². The number of carboxylic acid groups (broad SMARTS) is 1. The average Bonchev–Trinajstić information content (AvgIpc) is 3.37. The van der Waals surface area contributed by atoms with E-state index in [0.29, 0.717) is 5.56 Å². The van der Waals surface area contributed by atoms with Crippen molar-refractivity contribution in [2.75, 3.05) is 6.61 Å². The van der Waals surface area contributed by atoms with Gasteiger partial charge in [0.1, 0.15) is 12.6 Å². The summed E-state index contributed by atoms with van der Waals surface area (Å²) in [5, 5.41) is 18.6. The number of alkyl carbamates (subject to hydrolysis) is 1. The van der Waals surface area contributed by atoms with Crippen molar-refractivity contribution in [3.63, 3.8) is 0 Å². The zero-order valence-electron chi connectivity index (χ0n) is 19.8. The number of nitrogens with zero attached hydrogens (tertiary/aromatic N) is 2. The Morgan fingerprint density at radius 1 is 1.06 bits per heavy atom. The number of carbonyl (C=O) groups is 3. The zero-order chi connectivity index (χ0) is 25.1. The minimum absolute atomic E-state index is 0.00380. The molecule has 3 aromatic rings. The van der Waals surface area contributed by atoms with E-state index < -0.39 is 24.0 Å². The molecule has 0 aliphatic heterocycles. The van der Waals surface area contributed by atoms with Crippen molar-refractivity contribution in [2.45, 2.75) is 32.4 Å². The Kier molecular flexibility index (Phi) is 6.86. The number of rotatable bonds is 8. The molecule has 9 nitrogen and oxygen atoms in total. The van der Waals surface area contributed by atoms with Crippen LogP contribution in [0, 0.1) is 5.92 Å². The summed E-state index contributed by atoms with van der Waals surface area (Å²) in [5.74, 6) is -1.87. The molecule has 3 N–H and O–H groups in total. The van der Waals surface area contributed by atoms with Crippen molar-refractivity contribution >= 4 is 18.0 Å². The van der Waals surface area contributed by atoms with E-state index in [0.717, 1.165) is 22.3 Å². The molecule has 0 bridgehead atoms. The average molecular weight is 477 g/mol. The van der Waals surface area contributed by atoms with Gasteiger partial charge in [0, 0.05) is 25.1 Å². The summed E-state index contributed by atoms with van der Waals surface area (Å²) in [6.07, 6.45) is 0.709. The molecule has 0 saturated heterocycles. The first-order valence-corrected chi connectivity index (χ1v) is 11.4. The lowest BCUT2D eigenvalue weighted by molar-refractivity contribution is -0.124. The summed E-state index contributed by atoms with van der Waals surface area (Å²) in [5.41, 5.74) is 4.84. The third-order valence-electron chi connectivity index (χ3n) is 6.24. The molecule has 2 amide bonds. The van der Waals surface area contributed by atoms with Gasteiger partial charge in [-0.2, -0.15) is 5.10 Å². The van der Waals surface area contributed by atoms with Crippen molar-refractivity contribution in [3.8, 4) is 11.1 Å². The highest BCUT2D eigenvalue weighted by atomic mass is 16.5. The lowest BCUT2D eigenvalue weighted by Gasteiger charge is -2.22. The van der Waals surface area contributed by atoms with Crippen LogP contribution in [0.1, 0.15) is 46.9 Å². The molecule has 182 valence electrons. The first kappa shape index (κ1) is 24.0. The second-order valence-electron chi connectivity index (χ2n) is 8.86. The van der Waals surface area contributed by atoms with Crippen LogP contribution in [0.5, 0.6) is 0 Å². The maximum absolute atomic E-state index is 12.8. The first-order valence-electron chi connectivity index (χ1n) is 11.4. The van der Waals surface area contributed by atoms with Crippen LogP contribution < -0.4 is 10.6 Å². The molecule has 4 rings (SSSR count). The molecule has 0 saturated carbocycles. The summed E-state index contributed by atoms with van der Waals surface area (Å²) in [6.45, 7) is 3.73. The van der Waals surface area contributed by atoms with Crippen LogP contribution >= 0.6 is 0 Å². The van der Waals surface area contributed by atoms with Crippen molar-refractivity contribution in [3.05, 3.63) is 77.1 Å². The van der Waals surface area contributed by atoms with Gasteiger partial charge in [0.05, 0.1) is 6.20 Å². The Labute approximate surface area is 203 Å². The number of nitrogens with one attached hydrogen (secondary N) is 2. The molecule has 1 heterocycles. The molecule has 0 fully saturated rings. The van der Waals surface area contributed by atoms with Crippen LogP contribution in [0.3, 0.4) is 0 Å². The smallest absolute Gasteiger partial charge is 0.407 e. The topological polar surface area (TPSA) is 123 Å². The zero-order valence-corrected chi connectivity index (χ0v) is 19.8. The Morgan fingerprint density at radius 3 is 2.23 bits per heavy atom. The predicted molar refractivity (Wildman–Crippen MR) is 129 cm³/mol. The second kappa shape index (κ2) is 10.0. The van der Waals surface area contributed by atoms with Crippen LogP contribution in [0.2, 0.25) is 0 Å². The van der Waals surface area contributed by atoms with Gasteiger partial charge in [0.25, 0.3) is 0 Å². The highest BCUT2D eigenvalue weighted by molar-refractivity contribution is 5.88. The highest BCUT2D eigenvalue weighted by Crippen LogP contribution is 2.44. The quantitative estimate of drug-likeness (QED) is 0.459. The number of amides is 2. The Morgan fingerprint density at radius 2 is 1.66 bits per heavy atom. The van der Waals surface area contributed by atoms with Crippen molar-refractivity contribution in [1.29, 1.82) is 0 Å². The van der Waals surface area contributed by atoms with Crippen LogP contribution in [-0.4, -0.2) is 45.5 Å². The molecule has 35 heavy (non-hydrogen) atoms. The summed E-state index contributed by atoms with van der Waals surface area (Å²) in [4.78, 5) is 36.9. The maximum atomic E-state index is 12.8. The van der Waals surface area contributed by atoms with Gasteiger partial charge < -0.3 is 20.5 Å². The van der Waals surface area contributed by atoms with Gasteiger partial charge in [0.15, 0.2) is 5.69 Å². The van der Waals surface area contributed by atoms with Crippen molar-refractivity contribution < 1.29 is 24.2 Å². The van der Waals surface area contributed by atoms with Gasteiger partial charge in [-0.1, -0.05) is 62.4 Å². The van der Waals surface area contributed by atoms with Gasteiger partial charge in [-0.15, -0.1) is 0 Å². The van der Waals surface area contributed by atoms with E-state index in [1.165, 1.54) is 17.9 Å². The van der Waals surface area contributed by atoms with Gasteiger partial charge in [0.2, 0.25) is 5.91 Å². The summed E-state index contributed by atoms with van der Waals surface area (Å²) < 4.78 is 6.80. The van der Waals surface area contributed by atoms with Crippen molar-refractivity contribution in [2.24, 2.45) is 13.0 Å². The summed E-state index contributed by atoms with van der Waals surface area (Å²) in [6, 6.07) is 15.3. The number of carbonyl (C=O) groups excluding carboxylic acids is 2. The number of fused-ring (bicyclic) bond motifs is 3. The number of aromatic carboxylic acids is 1. The SMILES string of the molecule is CC(C)[C@@H](NC(=O)OCC1c2ccccc2-c2ccccc21)C(=O)NCc1cnn(C)c1C(=O)O. The first-order chi connectivity index (χ1) is 16.8. The summed E-state index contributed by atoms with van der Waals surface area (Å²) in [7, 11) is 1.52. The van der Waals surface area contributed by atoms with E-state index in [1.54, 1.807) is 13.8 Å². The molecule has 1 aliphatic carbocycles. The molecule has 2 aromatic carbocycles. The second-order valence-corrected chi connectivity index (χ2v) is 8.86. The number of aromatic nitrogens is 2. The van der Waals surface area contributed by atoms with Gasteiger partial charge in [-0.3, -0.25) is 9.48 Å². The van der Waals surface area contributed by atoms with E-state index in [4.69, 9.17) is 4.74 Å². The molecular weight excluding hydrogens is 448 g/mol. The minimum Gasteiger partial charge on any atom is -0.477 e. The number of aryl methyl sites for hydroxylation is 1. The fourth-order valence-electron chi connectivity index (χ4n) is 4.48. The molecule has 0 spiro atoms. The molecule has 9 heteroatoms. The Balaban J connectivity index is 1.38. The molecule has 0 radical (unpaired) electrons. The minimum atomic E-state index is -1.13. The highest BCUT2D eigenvalue weighted by Gasteiger charge is 2.30. The van der Waals surface area contributed by atoms with Gasteiger partial charge in [-0.25, -0.2) is 9.59 Å². The van der Waals surface area contributed by atoms with Gasteiger partial charge >= 0.3 is 12.1 Å². The lowest BCUT2D eigenvalue weighted by atomic mass is 9.98. The molecular formula is C26H28N4O5. The number of benzene rings is 2. The Hall–Kier alpha value is -4.14. The van der Waals surface area contributed by atoms with Crippen LogP contribution in [0.4, 0.5) is 4.79 Å². The lowest BCUT2D eigenvalue weighted by Crippen LogP contribution is -2.49. The van der Waals surface area contributed by atoms with Crippen LogP contribution in [0.15, 0.2) is 54.7 Å². The third-order valence-corrected chi connectivity index (χ3v) is 6.24. The molecule has 0 unspecified atom stereocenters. The number of hydrogen-bond acceptors (Lipinski definition) is 5. The summed E-state index contributed by atoms with van der Waals surface area (Å²) >= 11 is 0. The molecule has 1 aliphatic rings. The van der Waals surface area contributed by atoms with Crippen LogP contribution in [-0.2, 0) is 23.1 Å². The number of ether oxygens (including phenoxy) is 1. The maximum Gasteiger partial charge on any atom is 0.407 e. The van der Waals surface area contributed by atoms with E-state index in [-0.39, 0.29) is 30.7 Å². The van der Waals surface area contributed by atoms with E-state index in [1.807, 2.05) is 36.4 Å². The monoisotopic (exact) mass is 476 g/mol. The predicted octanol–water partition coefficient (Wildman–Crippen LogP) is 3.30. The Bertz CT molecular complexity index is 1220. The molecule has 1 atom stereocenters. The fraction of sp³-hybridized carbons (Fsp3) is 0.308. The van der Waals surface area contributed by atoms with E-state index in [9.17, 15) is 19.5 Å². The van der Waals surface area contributed by atoms with Gasteiger partial charge in [-0.05, 0) is 28.2 Å². The number of carboxylic acids is 1. The third kappa shape index (κ3) is 4.89. The van der Waals surface area contributed by atoms with Crippen molar-refractivity contribution in [1.82, 2.24) is 20.4 Å². The fourth-order valence-corrected chi connectivity index (χ4v) is 4.48.